The van der Waals surface area contributed by atoms with Gasteiger partial charge in [-0.3, -0.25) is 14.4 Å². The third kappa shape index (κ3) is 15.7. The molecule has 0 aliphatic rings. The van der Waals surface area contributed by atoms with Crippen molar-refractivity contribution >= 4 is 23.9 Å². The fraction of sp³-hybridized carbons (Fsp3) is 0.846. The highest BCUT2D eigenvalue weighted by atomic mass is 16.6. The number of ether oxygens (including phenoxy) is 4. The molecule has 0 saturated carbocycles. The smallest absolute Gasteiger partial charge is 0.351 e. The summed E-state index contributed by atoms with van der Waals surface area (Å²) >= 11 is 0. The molecule has 0 amide bonds. The molecule has 34 heavy (non-hydrogen) atoms. The van der Waals surface area contributed by atoms with Crippen molar-refractivity contribution in [2.24, 2.45) is 0 Å². The first-order chi connectivity index (χ1) is 16.3. The molecule has 0 fully saturated rings. The van der Waals surface area contributed by atoms with Crippen molar-refractivity contribution in [3.8, 4) is 0 Å². The van der Waals surface area contributed by atoms with E-state index in [1.54, 1.807) is 0 Å². The van der Waals surface area contributed by atoms with Crippen LogP contribution in [0.4, 0.5) is 0 Å². The van der Waals surface area contributed by atoms with Gasteiger partial charge in [-0.15, -0.1) is 0 Å². The van der Waals surface area contributed by atoms with Crippen LogP contribution in [0.5, 0.6) is 0 Å². The molecule has 0 spiro atoms. The summed E-state index contributed by atoms with van der Waals surface area (Å²) in [5.41, 5.74) is -2.10. The second-order valence-electron chi connectivity index (χ2n) is 8.70. The van der Waals surface area contributed by atoms with E-state index in [0.29, 0.717) is 19.3 Å². The molecule has 0 saturated heterocycles. The van der Waals surface area contributed by atoms with Crippen LogP contribution in [0.1, 0.15) is 118 Å². The largest absolute Gasteiger partial charge is 0.466 e. The van der Waals surface area contributed by atoms with Gasteiger partial charge in [0.15, 0.2) is 0 Å². The summed E-state index contributed by atoms with van der Waals surface area (Å²) in [7, 11) is 0. The van der Waals surface area contributed by atoms with E-state index in [1.807, 2.05) is 0 Å². The molecule has 0 aliphatic carbocycles. The normalized spacial score (nSPS) is 11.1. The summed E-state index contributed by atoms with van der Waals surface area (Å²) in [6.07, 6.45) is 9.74. The molecule has 0 aromatic heterocycles. The fourth-order valence-corrected chi connectivity index (χ4v) is 3.42. The Bertz CT molecular complexity index is 559. The van der Waals surface area contributed by atoms with Crippen LogP contribution < -0.4 is 0 Å². The van der Waals surface area contributed by atoms with Crippen LogP contribution in [0.15, 0.2) is 0 Å². The minimum Gasteiger partial charge on any atom is -0.466 e. The lowest BCUT2D eigenvalue weighted by atomic mass is 9.95. The van der Waals surface area contributed by atoms with E-state index in [9.17, 15) is 19.2 Å². The van der Waals surface area contributed by atoms with Crippen molar-refractivity contribution in [3.05, 3.63) is 0 Å². The summed E-state index contributed by atoms with van der Waals surface area (Å²) in [6.45, 7) is 7.85. The van der Waals surface area contributed by atoms with Gasteiger partial charge in [0, 0.05) is 6.92 Å². The second-order valence-corrected chi connectivity index (χ2v) is 8.70. The summed E-state index contributed by atoms with van der Waals surface area (Å²) in [5.74, 6) is -3.17. The Morgan fingerprint density at radius 3 is 1.29 bits per heavy atom. The van der Waals surface area contributed by atoms with Crippen LogP contribution >= 0.6 is 0 Å². The number of rotatable bonds is 21. The zero-order valence-corrected chi connectivity index (χ0v) is 21.8. The Balaban J connectivity index is 5.27. The third-order valence-corrected chi connectivity index (χ3v) is 5.32. The first kappa shape index (κ1) is 31.9. The zero-order valence-electron chi connectivity index (χ0n) is 21.8. The Labute approximate surface area is 205 Å². The number of esters is 4. The number of hydrogen-bond donors (Lipinski definition) is 0. The Morgan fingerprint density at radius 2 is 0.941 bits per heavy atom. The van der Waals surface area contributed by atoms with Crippen LogP contribution in [0.3, 0.4) is 0 Å². The van der Waals surface area contributed by atoms with Crippen molar-refractivity contribution in [1.29, 1.82) is 0 Å². The van der Waals surface area contributed by atoms with Crippen LogP contribution in [0.25, 0.3) is 0 Å². The molecule has 0 rings (SSSR count). The average Bonchev–Trinajstić information content (AvgIpc) is 2.78. The van der Waals surface area contributed by atoms with E-state index in [0.717, 1.165) is 64.7 Å². The van der Waals surface area contributed by atoms with Crippen molar-refractivity contribution < 1.29 is 38.1 Å². The Morgan fingerprint density at radius 1 is 0.559 bits per heavy atom. The maximum Gasteiger partial charge on any atom is 0.351 e. The van der Waals surface area contributed by atoms with Gasteiger partial charge >= 0.3 is 23.9 Å². The highest BCUT2D eigenvalue weighted by Gasteiger charge is 2.48. The van der Waals surface area contributed by atoms with Crippen LogP contribution in [0, 0.1) is 0 Å². The van der Waals surface area contributed by atoms with Gasteiger partial charge in [-0.25, -0.2) is 4.79 Å². The lowest BCUT2D eigenvalue weighted by Gasteiger charge is -2.29. The van der Waals surface area contributed by atoms with Crippen molar-refractivity contribution in [3.63, 3.8) is 0 Å². The third-order valence-electron chi connectivity index (χ3n) is 5.32. The van der Waals surface area contributed by atoms with Crippen molar-refractivity contribution in [2.45, 2.75) is 123 Å². The minimum atomic E-state index is -2.10. The molecule has 0 radical (unpaired) electrons. The van der Waals surface area contributed by atoms with Gasteiger partial charge in [0.1, 0.15) is 0 Å². The quantitative estimate of drug-likeness (QED) is 0.120. The molecule has 0 atom stereocenters. The molecule has 8 nitrogen and oxygen atoms in total. The Hall–Kier alpha value is -2.12. The lowest BCUT2D eigenvalue weighted by molar-refractivity contribution is -0.190. The topological polar surface area (TPSA) is 105 Å². The van der Waals surface area contributed by atoms with E-state index in [2.05, 4.69) is 20.8 Å². The van der Waals surface area contributed by atoms with E-state index in [1.165, 1.54) is 0 Å². The standard InChI is InChI=1S/C26H46O8/c1-5-8-11-14-17-31-23(28)20-26(34-22(4)27,25(30)33-19-16-13-10-7-3)21-24(29)32-18-15-12-9-6-2/h5-21H2,1-4H3. The number of carbonyl (C=O) groups is 4. The maximum absolute atomic E-state index is 13.0. The van der Waals surface area contributed by atoms with Gasteiger partial charge in [0.05, 0.1) is 32.7 Å². The highest BCUT2D eigenvalue weighted by Crippen LogP contribution is 2.26. The monoisotopic (exact) mass is 486 g/mol. The SMILES string of the molecule is CCCCCCOC(=O)CC(CC(=O)OCCCCCC)(OC(C)=O)C(=O)OCCCCCC. The van der Waals surface area contributed by atoms with Crippen LogP contribution in [-0.2, 0) is 38.1 Å². The molecule has 0 bridgehead atoms. The minimum absolute atomic E-state index is 0.111. The van der Waals surface area contributed by atoms with Crippen LogP contribution in [-0.4, -0.2) is 49.3 Å². The van der Waals surface area contributed by atoms with E-state index in [4.69, 9.17) is 18.9 Å². The van der Waals surface area contributed by atoms with E-state index >= 15 is 0 Å². The molecule has 0 unspecified atom stereocenters. The molecule has 0 aromatic rings. The van der Waals surface area contributed by atoms with Gasteiger partial charge in [0.25, 0.3) is 0 Å². The van der Waals surface area contributed by atoms with Crippen LogP contribution in [0.2, 0.25) is 0 Å². The summed E-state index contributed by atoms with van der Waals surface area (Å²) in [5, 5.41) is 0. The average molecular weight is 487 g/mol. The van der Waals surface area contributed by atoms with Crippen molar-refractivity contribution in [2.75, 3.05) is 19.8 Å². The molecule has 198 valence electrons. The molecule has 0 N–H and O–H groups in total. The molecule has 0 aliphatic heterocycles. The molecular formula is C26H46O8. The fourth-order valence-electron chi connectivity index (χ4n) is 3.42. The molecular weight excluding hydrogens is 440 g/mol. The summed E-state index contributed by atoms with van der Waals surface area (Å²) in [6, 6.07) is 0. The zero-order chi connectivity index (χ0) is 25.7. The highest BCUT2D eigenvalue weighted by molar-refractivity contribution is 5.92. The predicted molar refractivity (Wildman–Crippen MR) is 129 cm³/mol. The van der Waals surface area contributed by atoms with Gasteiger partial charge in [-0.2, -0.15) is 0 Å². The number of hydrogen-bond acceptors (Lipinski definition) is 8. The van der Waals surface area contributed by atoms with Gasteiger partial charge < -0.3 is 18.9 Å². The van der Waals surface area contributed by atoms with E-state index < -0.39 is 42.3 Å². The number of carbonyl (C=O) groups excluding carboxylic acids is 4. The molecule has 0 aromatic carbocycles. The molecule has 0 heterocycles. The van der Waals surface area contributed by atoms with Gasteiger partial charge in [-0.05, 0) is 19.3 Å². The maximum atomic E-state index is 13.0. The second kappa shape index (κ2) is 20.3. The first-order valence-corrected chi connectivity index (χ1v) is 13.0. The van der Waals surface area contributed by atoms with Crippen molar-refractivity contribution in [1.82, 2.24) is 0 Å². The predicted octanol–water partition coefficient (Wildman–Crippen LogP) is 5.44. The summed E-state index contributed by atoms with van der Waals surface area (Å²) < 4.78 is 21.1. The van der Waals surface area contributed by atoms with Gasteiger partial charge in [-0.1, -0.05) is 78.6 Å². The van der Waals surface area contributed by atoms with E-state index in [-0.39, 0.29) is 19.8 Å². The molecule has 8 heteroatoms. The first-order valence-electron chi connectivity index (χ1n) is 13.0. The lowest BCUT2D eigenvalue weighted by Crippen LogP contribution is -2.48. The Kier molecular flexibility index (Phi) is 19.0. The number of unbranched alkanes of at least 4 members (excludes halogenated alkanes) is 9. The van der Waals surface area contributed by atoms with Gasteiger partial charge in [0.2, 0.25) is 5.60 Å². The summed E-state index contributed by atoms with van der Waals surface area (Å²) in [4.78, 5) is 50.0.